The van der Waals surface area contributed by atoms with Gasteiger partial charge < -0.3 is 15.3 Å². The smallest absolute Gasteiger partial charge is 0.252 e. The van der Waals surface area contributed by atoms with Gasteiger partial charge in [-0.05, 0) is 18.1 Å². The number of rotatable bonds is 5. The van der Waals surface area contributed by atoms with Crippen molar-refractivity contribution in [3.8, 4) is 0 Å². The van der Waals surface area contributed by atoms with Crippen molar-refractivity contribution in [3.05, 3.63) is 29.8 Å². The quantitative estimate of drug-likeness (QED) is 0.790. The second kappa shape index (κ2) is 6.76. The molecule has 0 heterocycles. The predicted molar refractivity (Wildman–Crippen MR) is 69.3 cm³/mol. The Labute approximate surface area is 106 Å². The summed E-state index contributed by atoms with van der Waals surface area (Å²) < 4.78 is 0. The highest BCUT2D eigenvalue weighted by Gasteiger charge is 2.12. The Hall–Kier alpha value is -1.88. The summed E-state index contributed by atoms with van der Waals surface area (Å²) in [6.07, 6.45) is 0.638. The van der Waals surface area contributed by atoms with Gasteiger partial charge in [0.2, 0.25) is 5.91 Å². The van der Waals surface area contributed by atoms with Crippen molar-refractivity contribution < 1.29 is 14.7 Å². The molecule has 0 aromatic heterocycles. The summed E-state index contributed by atoms with van der Waals surface area (Å²) in [6, 6.07) is 7.43. The fourth-order valence-corrected chi connectivity index (χ4v) is 1.66. The average molecular weight is 250 g/mol. The van der Waals surface area contributed by atoms with Gasteiger partial charge in [0, 0.05) is 26.2 Å². The van der Waals surface area contributed by atoms with Crippen molar-refractivity contribution in [1.82, 2.24) is 5.32 Å². The molecule has 98 valence electrons. The summed E-state index contributed by atoms with van der Waals surface area (Å²) in [6.45, 7) is 1.47. The summed E-state index contributed by atoms with van der Waals surface area (Å²) in [4.78, 5) is 23.7. The van der Waals surface area contributed by atoms with Crippen molar-refractivity contribution in [3.63, 3.8) is 0 Å². The second-order valence-corrected chi connectivity index (χ2v) is 3.97. The molecule has 1 rings (SSSR count). The van der Waals surface area contributed by atoms with E-state index in [0.29, 0.717) is 13.0 Å². The van der Waals surface area contributed by atoms with E-state index >= 15 is 0 Å². The summed E-state index contributed by atoms with van der Waals surface area (Å²) >= 11 is 0. The van der Waals surface area contributed by atoms with E-state index in [1.807, 2.05) is 24.3 Å². The van der Waals surface area contributed by atoms with Gasteiger partial charge in [-0.25, -0.2) is 0 Å². The van der Waals surface area contributed by atoms with Crippen LogP contribution < -0.4 is 10.2 Å². The molecule has 0 atom stereocenters. The van der Waals surface area contributed by atoms with Crippen LogP contribution in [0.1, 0.15) is 12.5 Å². The van der Waals surface area contributed by atoms with Gasteiger partial charge in [0.15, 0.2) is 0 Å². The molecule has 5 heteroatoms. The number of nitrogens with one attached hydrogen (secondary N) is 1. The summed E-state index contributed by atoms with van der Waals surface area (Å²) in [5.41, 5.74) is 1.71. The number of aliphatic hydroxyl groups is 1. The summed E-state index contributed by atoms with van der Waals surface area (Å²) in [5.74, 6) is -0.436. The fraction of sp³-hybridized carbons (Fsp3) is 0.385. The Morgan fingerprint density at radius 3 is 2.61 bits per heavy atom. The fourth-order valence-electron chi connectivity index (χ4n) is 1.66. The van der Waals surface area contributed by atoms with E-state index in [0.717, 1.165) is 11.3 Å². The molecule has 0 spiro atoms. The van der Waals surface area contributed by atoms with Crippen LogP contribution in [0.5, 0.6) is 0 Å². The van der Waals surface area contributed by atoms with Crippen LogP contribution in [0.3, 0.4) is 0 Å². The molecule has 1 aromatic carbocycles. The Morgan fingerprint density at radius 1 is 1.33 bits per heavy atom. The van der Waals surface area contributed by atoms with E-state index < -0.39 is 6.61 Å². The summed E-state index contributed by atoms with van der Waals surface area (Å²) in [7, 11) is 1.62. The van der Waals surface area contributed by atoms with Gasteiger partial charge in [0.05, 0.1) is 0 Å². The predicted octanol–water partition coefficient (Wildman–Crippen LogP) is 0.320. The first-order valence-electron chi connectivity index (χ1n) is 5.76. The zero-order valence-electron chi connectivity index (χ0n) is 10.6. The van der Waals surface area contributed by atoms with Crippen molar-refractivity contribution in [1.29, 1.82) is 0 Å². The molecule has 0 radical (unpaired) electrons. The van der Waals surface area contributed by atoms with Crippen LogP contribution in [0.4, 0.5) is 5.69 Å². The van der Waals surface area contributed by atoms with Gasteiger partial charge in [-0.3, -0.25) is 9.59 Å². The maximum absolute atomic E-state index is 11.5. The van der Waals surface area contributed by atoms with Crippen molar-refractivity contribution in [2.24, 2.45) is 0 Å². The highest BCUT2D eigenvalue weighted by atomic mass is 16.3. The lowest BCUT2D eigenvalue weighted by Gasteiger charge is -2.19. The number of hydrogen-bond acceptors (Lipinski definition) is 3. The van der Waals surface area contributed by atoms with E-state index in [2.05, 4.69) is 5.32 Å². The molecule has 2 amide bonds. The van der Waals surface area contributed by atoms with E-state index in [1.165, 1.54) is 11.8 Å². The molecule has 0 saturated heterocycles. The number of para-hydroxylation sites is 1. The minimum Gasteiger partial charge on any atom is -0.387 e. The standard InChI is InChI=1S/C13H18N2O3/c1-10(17)14-8-7-11-5-3-4-6-12(11)15(2)13(18)9-16/h3-6,16H,7-9H2,1-2H3,(H,14,17). The van der Waals surface area contributed by atoms with Crippen LogP contribution in [-0.2, 0) is 16.0 Å². The van der Waals surface area contributed by atoms with Gasteiger partial charge in [0.1, 0.15) is 6.61 Å². The third-order valence-corrected chi connectivity index (χ3v) is 2.63. The largest absolute Gasteiger partial charge is 0.387 e. The monoisotopic (exact) mass is 250 g/mol. The van der Waals surface area contributed by atoms with E-state index in [-0.39, 0.29) is 11.8 Å². The number of aliphatic hydroxyl groups excluding tert-OH is 1. The Morgan fingerprint density at radius 2 is 2.00 bits per heavy atom. The number of carbonyl (C=O) groups excluding carboxylic acids is 2. The average Bonchev–Trinajstić information content (AvgIpc) is 2.37. The Kier molecular flexibility index (Phi) is 5.32. The number of carbonyl (C=O) groups is 2. The minimum atomic E-state index is -0.517. The Bertz CT molecular complexity index is 432. The first-order valence-corrected chi connectivity index (χ1v) is 5.76. The van der Waals surface area contributed by atoms with Crippen LogP contribution in [0.15, 0.2) is 24.3 Å². The molecule has 0 fully saturated rings. The van der Waals surface area contributed by atoms with Crippen LogP contribution >= 0.6 is 0 Å². The molecule has 5 nitrogen and oxygen atoms in total. The maximum atomic E-state index is 11.5. The number of amides is 2. The normalized spacial score (nSPS) is 9.94. The van der Waals surface area contributed by atoms with Crippen LogP contribution in [0, 0.1) is 0 Å². The third kappa shape index (κ3) is 3.85. The number of likely N-dealkylation sites (N-methyl/N-ethyl adjacent to an activating group) is 1. The molecular formula is C13H18N2O3. The minimum absolute atomic E-state index is 0.0766. The van der Waals surface area contributed by atoms with Gasteiger partial charge >= 0.3 is 0 Å². The van der Waals surface area contributed by atoms with Crippen molar-refractivity contribution in [2.75, 3.05) is 25.1 Å². The highest BCUT2D eigenvalue weighted by molar-refractivity contribution is 5.94. The van der Waals surface area contributed by atoms with Gasteiger partial charge in [-0.1, -0.05) is 18.2 Å². The van der Waals surface area contributed by atoms with Gasteiger partial charge in [-0.2, -0.15) is 0 Å². The number of benzene rings is 1. The molecule has 18 heavy (non-hydrogen) atoms. The molecule has 0 aliphatic heterocycles. The molecule has 0 aliphatic carbocycles. The van der Waals surface area contributed by atoms with Crippen LogP contribution in [-0.4, -0.2) is 37.1 Å². The number of hydrogen-bond donors (Lipinski definition) is 2. The first-order chi connectivity index (χ1) is 8.56. The van der Waals surface area contributed by atoms with Crippen LogP contribution in [0.2, 0.25) is 0 Å². The number of anilines is 1. The topological polar surface area (TPSA) is 69.6 Å². The van der Waals surface area contributed by atoms with Gasteiger partial charge in [-0.15, -0.1) is 0 Å². The molecule has 0 aliphatic rings. The van der Waals surface area contributed by atoms with Gasteiger partial charge in [0.25, 0.3) is 5.91 Å². The zero-order chi connectivity index (χ0) is 13.5. The van der Waals surface area contributed by atoms with E-state index in [4.69, 9.17) is 5.11 Å². The van der Waals surface area contributed by atoms with E-state index in [9.17, 15) is 9.59 Å². The highest BCUT2D eigenvalue weighted by Crippen LogP contribution is 2.19. The third-order valence-electron chi connectivity index (χ3n) is 2.63. The molecule has 0 saturated carbocycles. The molecule has 1 aromatic rings. The first kappa shape index (κ1) is 14.2. The van der Waals surface area contributed by atoms with E-state index in [1.54, 1.807) is 7.05 Å². The van der Waals surface area contributed by atoms with Crippen molar-refractivity contribution in [2.45, 2.75) is 13.3 Å². The van der Waals surface area contributed by atoms with Crippen molar-refractivity contribution >= 4 is 17.5 Å². The summed E-state index contributed by atoms with van der Waals surface area (Å²) in [5, 5.41) is 11.6. The van der Waals surface area contributed by atoms with Crippen LogP contribution in [0.25, 0.3) is 0 Å². The molecule has 0 unspecified atom stereocenters. The number of nitrogens with zero attached hydrogens (tertiary/aromatic N) is 1. The molecule has 0 bridgehead atoms. The lowest BCUT2D eigenvalue weighted by Crippen LogP contribution is -2.30. The molecular weight excluding hydrogens is 232 g/mol. The maximum Gasteiger partial charge on any atom is 0.252 e. The Balaban J connectivity index is 2.79. The lowest BCUT2D eigenvalue weighted by molar-refractivity contribution is -0.121. The SMILES string of the molecule is CC(=O)NCCc1ccccc1N(C)C(=O)CO. The lowest BCUT2D eigenvalue weighted by atomic mass is 10.1. The second-order valence-electron chi connectivity index (χ2n) is 3.97. The molecule has 2 N–H and O–H groups in total. The zero-order valence-corrected chi connectivity index (χ0v) is 10.6.